The van der Waals surface area contributed by atoms with Crippen molar-refractivity contribution < 1.29 is 14.6 Å². The topological polar surface area (TPSA) is 46.5 Å². The summed E-state index contributed by atoms with van der Waals surface area (Å²) in [7, 11) is 1.60. The molecular weight excluding hydrogens is 264 g/mol. The fourth-order valence-corrected chi connectivity index (χ4v) is 1.80. The maximum atomic E-state index is 11.8. The second kappa shape index (κ2) is 7.10. The lowest BCUT2D eigenvalue weighted by Gasteiger charge is -2.02. The number of ketones is 1. The minimum atomic E-state index is -0.117. The highest BCUT2D eigenvalue weighted by Crippen LogP contribution is 2.18. The second-order valence-corrected chi connectivity index (χ2v) is 4.40. The normalized spacial score (nSPS) is 11.1. The number of phenols is 1. The molecule has 3 nitrogen and oxygen atoms in total. The third kappa shape index (κ3) is 4.35. The van der Waals surface area contributed by atoms with E-state index in [1.807, 2.05) is 24.3 Å². The molecule has 0 saturated carbocycles. The van der Waals surface area contributed by atoms with Crippen molar-refractivity contribution in [3.63, 3.8) is 0 Å². The van der Waals surface area contributed by atoms with E-state index in [-0.39, 0.29) is 11.5 Å². The van der Waals surface area contributed by atoms with Crippen molar-refractivity contribution in [1.29, 1.82) is 0 Å². The average Bonchev–Trinajstić information content (AvgIpc) is 2.52. The third-order valence-corrected chi connectivity index (χ3v) is 2.90. The lowest BCUT2D eigenvalue weighted by molar-refractivity contribution is -0.110. The van der Waals surface area contributed by atoms with Crippen LogP contribution < -0.4 is 4.74 Å². The molecule has 0 aliphatic heterocycles. The van der Waals surface area contributed by atoms with Gasteiger partial charge in [-0.05, 0) is 42.0 Å². The molecule has 0 saturated heterocycles. The predicted octanol–water partition coefficient (Wildman–Crippen LogP) is 3.70. The molecule has 3 heteroatoms. The lowest BCUT2D eigenvalue weighted by Crippen LogP contribution is -1.88. The van der Waals surface area contributed by atoms with Gasteiger partial charge in [0.2, 0.25) is 0 Å². The number of allylic oxidation sites excluding steroid dienone is 2. The lowest BCUT2D eigenvalue weighted by atomic mass is 10.1. The van der Waals surface area contributed by atoms with Gasteiger partial charge in [0.1, 0.15) is 11.5 Å². The van der Waals surface area contributed by atoms with E-state index in [1.165, 1.54) is 12.2 Å². The Labute approximate surface area is 123 Å². The molecule has 2 aromatic carbocycles. The van der Waals surface area contributed by atoms with Gasteiger partial charge in [-0.15, -0.1) is 0 Å². The number of hydrogen-bond acceptors (Lipinski definition) is 3. The first kappa shape index (κ1) is 14.6. The molecule has 0 bridgehead atoms. The van der Waals surface area contributed by atoms with E-state index >= 15 is 0 Å². The molecule has 0 amide bonds. The van der Waals surface area contributed by atoms with Crippen molar-refractivity contribution in [1.82, 2.24) is 0 Å². The Balaban J connectivity index is 2.04. The number of aromatic hydroxyl groups is 1. The predicted molar refractivity (Wildman–Crippen MR) is 84.2 cm³/mol. The number of ether oxygens (including phenoxy) is 1. The van der Waals surface area contributed by atoms with Crippen LogP contribution in [0, 0.1) is 0 Å². The summed E-state index contributed by atoms with van der Waals surface area (Å²) in [6, 6.07) is 14.1. The van der Waals surface area contributed by atoms with E-state index in [0.717, 1.165) is 16.9 Å². The molecule has 0 heterocycles. The zero-order chi connectivity index (χ0) is 15.1. The van der Waals surface area contributed by atoms with E-state index in [4.69, 9.17) is 4.74 Å². The number of rotatable bonds is 5. The molecule has 0 aromatic heterocycles. The quantitative estimate of drug-likeness (QED) is 0.849. The Hall–Kier alpha value is -2.81. The van der Waals surface area contributed by atoms with Crippen molar-refractivity contribution >= 4 is 17.9 Å². The number of carbonyl (C=O) groups is 1. The molecule has 0 aliphatic rings. The number of carbonyl (C=O) groups excluding carboxylic acids is 1. The molecule has 0 spiro atoms. The third-order valence-electron chi connectivity index (χ3n) is 2.90. The summed E-state index contributed by atoms with van der Waals surface area (Å²) in [5, 5.41) is 9.18. The Morgan fingerprint density at radius 1 is 1.00 bits per heavy atom. The van der Waals surface area contributed by atoms with Gasteiger partial charge in [-0.25, -0.2) is 0 Å². The molecule has 2 aromatic rings. The summed E-state index contributed by atoms with van der Waals surface area (Å²) in [6.07, 6.45) is 6.41. The summed E-state index contributed by atoms with van der Waals surface area (Å²) < 4.78 is 5.21. The zero-order valence-electron chi connectivity index (χ0n) is 11.7. The number of methoxy groups -OCH3 is 1. The van der Waals surface area contributed by atoms with Crippen LogP contribution >= 0.6 is 0 Å². The molecule has 21 heavy (non-hydrogen) atoms. The van der Waals surface area contributed by atoms with E-state index < -0.39 is 0 Å². The second-order valence-electron chi connectivity index (χ2n) is 4.40. The van der Waals surface area contributed by atoms with E-state index in [1.54, 1.807) is 43.5 Å². The van der Waals surface area contributed by atoms with Crippen LogP contribution in [0.15, 0.2) is 60.7 Å². The van der Waals surface area contributed by atoms with Crippen molar-refractivity contribution in [3.8, 4) is 11.5 Å². The van der Waals surface area contributed by atoms with Crippen molar-refractivity contribution in [2.75, 3.05) is 7.11 Å². The first-order chi connectivity index (χ1) is 10.2. The molecule has 0 aliphatic carbocycles. The smallest absolute Gasteiger partial charge is 0.178 e. The Morgan fingerprint density at radius 3 is 2.38 bits per heavy atom. The van der Waals surface area contributed by atoms with E-state index in [9.17, 15) is 9.90 Å². The molecule has 0 unspecified atom stereocenters. The number of benzene rings is 2. The number of para-hydroxylation sites is 1. The summed E-state index contributed by atoms with van der Waals surface area (Å²) in [5.74, 6) is 0.813. The first-order valence-corrected chi connectivity index (χ1v) is 6.51. The standard InChI is InChI=1S/C18H16O3/c1-21-18-5-3-2-4-15(18)9-13-17(20)12-8-14-6-10-16(19)11-7-14/h2-13,19H,1H3. The molecular formula is C18H16O3. The van der Waals surface area contributed by atoms with E-state index in [2.05, 4.69) is 0 Å². The van der Waals surface area contributed by atoms with Gasteiger partial charge in [0, 0.05) is 5.56 Å². The molecule has 0 atom stereocenters. The Kier molecular flexibility index (Phi) is 4.94. The van der Waals surface area contributed by atoms with Gasteiger partial charge >= 0.3 is 0 Å². The van der Waals surface area contributed by atoms with Gasteiger partial charge in [0.25, 0.3) is 0 Å². The fraction of sp³-hybridized carbons (Fsp3) is 0.0556. The Morgan fingerprint density at radius 2 is 1.67 bits per heavy atom. The summed E-state index contributed by atoms with van der Waals surface area (Å²) in [5.41, 5.74) is 1.71. The SMILES string of the molecule is COc1ccccc1C=CC(=O)C=Cc1ccc(O)cc1. The van der Waals surface area contributed by atoms with Crippen LogP contribution in [0.3, 0.4) is 0 Å². The molecule has 0 radical (unpaired) electrons. The minimum absolute atomic E-state index is 0.117. The summed E-state index contributed by atoms with van der Waals surface area (Å²) >= 11 is 0. The summed E-state index contributed by atoms with van der Waals surface area (Å²) in [6.45, 7) is 0. The molecule has 0 fully saturated rings. The highest BCUT2D eigenvalue weighted by molar-refractivity contribution is 6.04. The fourth-order valence-electron chi connectivity index (χ4n) is 1.80. The van der Waals surface area contributed by atoms with Gasteiger partial charge in [-0.1, -0.05) is 36.4 Å². The Bertz CT molecular complexity index is 667. The van der Waals surface area contributed by atoms with Crippen LogP contribution in [0.5, 0.6) is 11.5 Å². The molecule has 1 N–H and O–H groups in total. The van der Waals surface area contributed by atoms with Gasteiger partial charge in [0.05, 0.1) is 7.11 Å². The monoisotopic (exact) mass is 280 g/mol. The zero-order valence-corrected chi connectivity index (χ0v) is 11.7. The van der Waals surface area contributed by atoms with Crippen LogP contribution in [0.1, 0.15) is 11.1 Å². The molecule has 2 rings (SSSR count). The van der Waals surface area contributed by atoms with Gasteiger partial charge in [-0.3, -0.25) is 4.79 Å². The highest BCUT2D eigenvalue weighted by Gasteiger charge is 1.97. The van der Waals surface area contributed by atoms with Crippen LogP contribution in [0.4, 0.5) is 0 Å². The van der Waals surface area contributed by atoms with Crippen LogP contribution in [0.25, 0.3) is 12.2 Å². The van der Waals surface area contributed by atoms with Crippen LogP contribution in [-0.4, -0.2) is 18.0 Å². The number of hydrogen-bond donors (Lipinski definition) is 1. The largest absolute Gasteiger partial charge is 0.508 e. The summed E-state index contributed by atoms with van der Waals surface area (Å²) in [4.78, 5) is 11.8. The minimum Gasteiger partial charge on any atom is -0.508 e. The van der Waals surface area contributed by atoms with Gasteiger partial charge in [-0.2, -0.15) is 0 Å². The first-order valence-electron chi connectivity index (χ1n) is 6.51. The highest BCUT2D eigenvalue weighted by atomic mass is 16.5. The number of phenolic OH excluding ortho intramolecular Hbond substituents is 1. The molecule has 106 valence electrons. The van der Waals surface area contributed by atoms with Crippen molar-refractivity contribution in [2.24, 2.45) is 0 Å². The maximum absolute atomic E-state index is 11.8. The van der Waals surface area contributed by atoms with Crippen molar-refractivity contribution in [2.45, 2.75) is 0 Å². The van der Waals surface area contributed by atoms with Crippen molar-refractivity contribution in [3.05, 3.63) is 71.8 Å². The van der Waals surface area contributed by atoms with Gasteiger partial charge < -0.3 is 9.84 Å². The maximum Gasteiger partial charge on any atom is 0.178 e. The van der Waals surface area contributed by atoms with E-state index in [0.29, 0.717) is 0 Å². The van der Waals surface area contributed by atoms with Crippen LogP contribution in [0.2, 0.25) is 0 Å². The van der Waals surface area contributed by atoms with Crippen LogP contribution in [-0.2, 0) is 4.79 Å². The average molecular weight is 280 g/mol. The van der Waals surface area contributed by atoms with Gasteiger partial charge in [0.15, 0.2) is 5.78 Å².